The van der Waals surface area contributed by atoms with E-state index in [-0.39, 0.29) is 0 Å². The minimum atomic E-state index is 0.548. The SMILES string of the molecule is c1ccc(-n2nnnc2C2[C@H]3CNC[C@@H]23)cc1. The third kappa shape index (κ3) is 1.32. The van der Waals surface area contributed by atoms with Gasteiger partial charge in [-0.1, -0.05) is 18.2 Å². The number of hydrogen-bond acceptors (Lipinski definition) is 4. The molecule has 2 heterocycles. The van der Waals surface area contributed by atoms with Gasteiger partial charge in [-0.15, -0.1) is 5.10 Å². The van der Waals surface area contributed by atoms with Crippen molar-refractivity contribution in [1.29, 1.82) is 0 Å². The van der Waals surface area contributed by atoms with Gasteiger partial charge in [0, 0.05) is 5.92 Å². The van der Waals surface area contributed by atoms with Gasteiger partial charge in [0.1, 0.15) is 0 Å². The average molecular weight is 227 g/mol. The summed E-state index contributed by atoms with van der Waals surface area (Å²) >= 11 is 0. The van der Waals surface area contributed by atoms with Gasteiger partial charge in [-0.05, 0) is 47.5 Å². The lowest BCUT2D eigenvalue weighted by molar-refractivity contribution is 0.645. The number of nitrogens with zero attached hydrogens (tertiary/aromatic N) is 4. The van der Waals surface area contributed by atoms with Crippen molar-refractivity contribution in [3.05, 3.63) is 36.2 Å². The van der Waals surface area contributed by atoms with E-state index in [1.54, 1.807) is 0 Å². The quantitative estimate of drug-likeness (QED) is 0.816. The first-order valence-electron chi connectivity index (χ1n) is 5.99. The number of aromatic nitrogens is 4. The van der Waals surface area contributed by atoms with Crippen LogP contribution in [0.3, 0.4) is 0 Å². The summed E-state index contributed by atoms with van der Waals surface area (Å²) in [6.45, 7) is 2.22. The van der Waals surface area contributed by atoms with Gasteiger partial charge in [0.2, 0.25) is 0 Å². The molecular formula is C12H13N5. The second-order valence-corrected chi connectivity index (χ2v) is 4.80. The van der Waals surface area contributed by atoms with Crippen LogP contribution in [0, 0.1) is 11.8 Å². The van der Waals surface area contributed by atoms with Gasteiger partial charge in [0.25, 0.3) is 0 Å². The number of para-hydroxylation sites is 1. The van der Waals surface area contributed by atoms with Gasteiger partial charge >= 0.3 is 0 Å². The van der Waals surface area contributed by atoms with E-state index in [2.05, 4.69) is 20.8 Å². The summed E-state index contributed by atoms with van der Waals surface area (Å²) in [6.07, 6.45) is 0. The van der Waals surface area contributed by atoms with Crippen LogP contribution in [0.25, 0.3) is 5.69 Å². The molecule has 4 rings (SSSR count). The highest BCUT2D eigenvalue weighted by atomic mass is 15.5. The van der Waals surface area contributed by atoms with Crippen LogP contribution >= 0.6 is 0 Å². The van der Waals surface area contributed by atoms with Crippen LogP contribution in [0.2, 0.25) is 0 Å². The Kier molecular flexibility index (Phi) is 1.84. The zero-order valence-corrected chi connectivity index (χ0v) is 9.32. The minimum Gasteiger partial charge on any atom is -0.316 e. The van der Waals surface area contributed by atoms with E-state index < -0.39 is 0 Å². The molecule has 1 unspecified atom stereocenters. The highest BCUT2D eigenvalue weighted by molar-refractivity contribution is 5.33. The van der Waals surface area contributed by atoms with Crippen LogP contribution in [-0.2, 0) is 0 Å². The third-order valence-electron chi connectivity index (χ3n) is 3.88. The van der Waals surface area contributed by atoms with Crippen molar-refractivity contribution < 1.29 is 0 Å². The van der Waals surface area contributed by atoms with E-state index in [1.807, 2.05) is 35.0 Å². The average Bonchev–Trinajstić information content (AvgIpc) is 2.80. The molecule has 0 bridgehead atoms. The summed E-state index contributed by atoms with van der Waals surface area (Å²) in [6, 6.07) is 10.1. The number of nitrogens with one attached hydrogen (secondary N) is 1. The summed E-state index contributed by atoms with van der Waals surface area (Å²) in [7, 11) is 0. The standard InChI is InChI=1S/C12H13N5/c1-2-4-8(5-3-1)17-12(14-15-16-17)11-9-6-13-7-10(9)11/h1-5,9-11,13H,6-7H2/t9-,10+,11?. The van der Waals surface area contributed by atoms with E-state index in [1.165, 1.54) is 0 Å². The van der Waals surface area contributed by atoms with Crippen molar-refractivity contribution in [2.75, 3.05) is 13.1 Å². The topological polar surface area (TPSA) is 55.6 Å². The minimum absolute atomic E-state index is 0.548. The van der Waals surface area contributed by atoms with Gasteiger partial charge in [0.15, 0.2) is 5.82 Å². The van der Waals surface area contributed by atoms with Crippen LogP contribution in [0.1, 0.15) is 11.7 Å². The summed E-state index contributed by atoms with van der Waals surface area (Å²) in [5, 5.41) is 15.5. The van der Waals surface area contributed by atoms with Gasteiger partial charge in [0.05, 0.1) is 5.69 Å². The van der Waals surface area contributed by atoms with Crippen LogP contribution in [0.15, 0.2) is 30.3 Å². The predicted molar refractivity (Wildman–Crippen MR) is 61.7 cm³/mol. The molecule has 1 aliphatic heterocycles. The Morgan fingerprint density at radius 3 is 2.65 bits per heavy atom. The number of tetrazole rings is 1. The summed E-state index contributed by atoms with van der Waals surface area (Å²) in [4.78, 5) is 0. The maximum atomic E-state index is 4.21. The zero-order valence-electron chi connectivity index (χ0n) is 9.32. The van der Waals surface area contributed by atoms with Crippen LogP contribution in [0.4, 0.5) is 0 Å². The summed E-state index contributed by atoms with van der Waals surface area (Å²) in [5.74, 6) is 3.05. The molecule has 5 nitrogen and oxygen atoms in total. The van der Waals surface area contributed by atoms with Crippen molar-refractivity contribution in [3.63, 3.8) is 0 Å². The first-order valence-corrected chi connectivity index (χ1v) is 5.99. The molecule has 1 aliphatic carbocycles. The van der Waals surface area contributed by atoms with E-state index in [9.17, 15) is 0 Å². The summed E-state index contributed by atoms with van der Waals surface area (Å²) in [5.41, 5.74) is 1.05. The molecule has 2 fully saturated rings. The van der Waals surface area contributed by atoms with Gasteiger partial charge < -0.3 is 5.32 Å². The van der Waals surface area contributed by atoms with Crippen molar-refractivity contribution in [3.8, 4) is 5.69 Å². The molecular weight excluding hydrogens is 214 g/mol. The Labute approximate surface area is 98.8 Å². The molecule has 3 atom stereocenters. The molecule has 5 heteroatoms. The molecule has 1 aromatic heterocycles. The molecule has 2 aromatic rings. The van der Waals surface area contributed by atoms with Crippen molar-refractivity contribution in [2.45, 2.75) is 5.92 Å². The Morgan fingerprint density at radius 2 is 1.88 bits per heavy atom. The van der Waals surface area contributed by atoms with Crippen molar-refractivity contribution >= 4 is 0 Å². The number of rotatable bonds is 2. The van der Waals surface area contributed by atoms with Crippen molar-refractivity contribution in [2.24, 2.45) is 11.8 Å². The van der Waals surface area contributed by atoms with Crippen molar-refractivity contribution in [1.82, 2.24) is 25.5 Å². The fourth-order valence-electron chi connectivity index (χ4n) is 2.96. The molecule has 1 saturated heterocycles. The second kappa shape index (κ2) is 3.37. The van der Waals surface area contributed by atoms with E-state index in [0.717, 1.165) is 36.4 Å². The highest BCUT2D eigenvalue weighted by Crippen LogP contribution is 2.55. The van der Waals surface area contributed by atoms with E-state index >= 15 is 0 Å². The molecule has 1 aromatic carbocycles. The molecule has 0 radical (unpaired) electrons. The maximum absolute atomic E-state index is 4.21. The first-order chi connectivity index (χ1) is 8.45. The van der Waals surface area contributed by atoms with E-state index in [0.29, 0.717) is 5.92 Å². The fraction of sp³-hybridized carbons (Fsp3) is 0.417. The lowest BCUT2D eigenvalue weighted by atomic mass is 10.2. The summed E-state index contributed by atoms with van der Waals surface area (Å²) < 4.78 is 1.88. The lowest BCUT2D eigenvalue weighted by Crippen LogP contribution is -2.16. The highest BCUT2D eigenvalue weighted by Gasteiger charge is 2.56. The smallest absolute Gasteiger partial charge is 0.160 e. The van der Waals surface area contributed by atoms with Crippen LogP contribution in [-0.4, -0.2) is 33.3 Å². The maximum Gasteiger partial charge on any atom is 0.160 e. The predicted octanol–water partition coefficient (Wildman–Crippen LogP) is 0.595. The van der Waals surface area contributed by atoms with Crippen LogP contribution in [0.5, 0.6) is 0 Å². The first kappa shape index (κ1) is 9.30. The molecule has 2 aliphatic rings. The number of fused-ring (bicyclic) bond motifs is 1. The fourth-order valence-corrected chi connectivity index (χ4v) is 2.96. The third-order valence-corrected chi connectivity index (χ3v) is 3.88. The largest absolute Gasteiger partial charge is 0.316 e. The second-order valence-electron chi connectivity index (χ2n) is 4.80. The van der Waals surface area contributed by atoms with E-state index in [4.69, 9.17) is 0 Å². The molecule has 0 amide bonds. The number of benzene rings is 1. The normalized spacial score (nSPS) is 30.2. The lowest BCUT2D eigenvalue weighted by Gasteiger charge is -2.05. The Bertz CT molecular complexity index is 525. The monoisotopic (exact) mass is 227 g/mol. The molecule has 17 heavy (non-hydrogen) atoms. The molecule has 86 valence electrons. The Balaban J connectivity index is 1.72. The Hall–Kier alpha value is -1.75. The van der Waals surface area contributed by atoms with Gasteiger partial charge in [-0.3, -0.25) is 0 Å². The molecule has 1 N–H and O–H groups in total. The number of hydrogen-bond donors (Lipinski definition) is 1. The zero-order chi connectivity index (χ0) is 11.2. The Morgan fingerprint density at radius 1 is 1.12 bits per heavy atom. The van der Waals surface area contributed by atoms with Gasteiger partial charge in [-0.25, -0.2) is 0 Å². The van der Waals surface area contributed by atoms with Crippen LogP contribution < -0.4 is 5.32 Å². The van der Waals surface area contributed by atoms with Gasteiger partial charge in [-0.2, -0.15) is 4.68 Å². The molecule has 1 saturated carbocycles. The number of piperidine rings is 1. The molecule has 0 spiro atoms.